The lowest BCUT2D eigenvalue weighted by molar-refractivity contribution is -0.142. The summed E-state index contributed by atoms with van der Waals surface area (Å²) in [4.78, 5) is 25.1. The van der Waals surface area contributed by atoms with Gasteiger partial charge in [-0.15, -0.1) is 0 Å². The maximum absolute atomic E-state index is 11.5. The van der Waals surface area contributed by atoms with E-state index in [1.165, 1.54) is 38.5 Å². The van der Waals surface area contributed by atoms with Crippen LogP contribution in [0.15, 0.2) is 18.3 Å². The number of nitrogens with zero attached hydrogens (tertiary/aromatic N) is 5. The molecule has 2 saturated carbocycles. The van der Waals surface area contributed by atoms with E-state index in [9.17, 15) is 4.79 Å². The average molecular weight is 427 g/mol. The molecule has 0 aromatic carbocycles. The van der Waals surface area contributed by atoms with Gasteiger partial charge in [-0.05, 0) is 50.5 Å². The summed E-state index contributed by atoms with van der Waals surface area (Å²) in [6, 6.07) is 4.47. The summed E-state index contributed by atoms with van der Waals surface area (Å²) in [5, 5.41) is 7.76. The van der Waals surface area contributed by atoms with E-state index in [1.54, 1.807) is 0 Å². The van der Waals surface area contributed by atoms with Gasteiger partial charge in [-0.3, -0.25) is 9.89 Å². The van der Waals surface area contributed by atoms with Crippen LogP contribution in [0.2, 0.25) is 0 Å². The Bertz CT molecular complexity index is 870. The normalized spacial score (nSPS) is 21.8. The highest BCUT2D eigenvalue weighted by Crippen LogP contribution is 2.35. The van der Waals surface area contributed by atoms with Gasteiger partial charge in [0.1, 0.15) is 5.82 Å². The van der Waals surface area contributed by atoms with E-state index in [0.29, 0.717) is 24.3 Å². The number of hydrogen-bond acceptors (Lipinski definition) is 7. The van der Waals surface area contributed by atoms with E-state index in [2.05, 4.69) is 33.2 Å². The summed E-state index contributed by atoms with van der Waals surface area (Å²) in [6.45, 7) is 0. The summed E-state index contributed by atoms with van der Waals surface area (Å²) >= 11 is 0. The highest BCUT2D eigenvalue weighted by atomic mass is 16.5. The van der Waals surface area contributed by atoms with Gasteiger partial charge in [-0.1, -0.05) is 12.8 Å². The van der Waals surface area contributed by atoms with Crippen LogP contribution in [0.25, 0.3) is 0 Å². The zero-order valence-corrected chi connectivity index (χ0v) is 18.9. The molecule has 168 valence electrons. The maximum Gasteiger partial charge on any atom is 0.305 e. The van der Waals surface area contributed by atoms with Crippen molar-refractivity contribution in [2.45, 2.75) is 69.7 Å². The molecule has 4 rings (SSSR count). The van der Waals surface area contributed by atoms with Crippen molar-refractivity contribution in [2.24, 2.45) is 5.92 Å². The van der Waals surface area contributed by atoms with Gasteiger partial charge in [0.25, 0.3) is 0 Å². The molecule has 8 nitrogen and oxygen atoms in total. The van der Waals surface area contributed by atoms with Crippen molar-refractivity contribution >= 4 is 23.6 Å². The SMILES string of the molecule is COC(=O)CC1CCC(N(C)c2nccc(N(C)c3cc(C4CCCC4)[nH]n3)n2)CC1. The predicted octanol–water partition coefficient (Wildman–Crippen LogP) is 4.18. The molecule has 2 aliphatic rings. The van der Waals surface area contributed by atoms with Crippen LogP contribution in [0.1, 0.15) is 69.4 Å². The first-order chi connectivity index (χ1) is 15.0. The van der Waals surface area contributed by atoms with Crippen molar-refractivity contribution in [1.29, 1.82) is 0 Å². The first kappa shape index (κ1) is 21.6. The lowest BCUT2D eigenvalue weighted by Crippen LogP contribution is -2.36. The number of aromatic amines is 1. The van der Waals surface area contributed by atoms with Crippen LogP contribution in [-0.4, -0.2) is 53.4 Å². The van der Waals surface area contributed by atoms with Gasteiger partial charge >= 0.3 is 5.97 Å². The number of H-pyrrole nitrogens is 1. The molecule has 2 aliphatic carbocycles. The van der Waals surface area contributed by atoms with Crippen molar-refractivity contribution in [2.75, 3.05) is 31.0 Å². The van der Waals surface area contributed by atoms with Gasteiger partial charge in [0.2, 0.25) is 5.95 Å². The largest absolute Gasteiger partial charge is 0.469 e. The van der Waals surface area contributed by atoms with Gasteiger partial charge in [0, 0.05) is 50.4 Å². The van der Waals surface area contributed by atoms with E-state index in [0.717, 1.165) is 43.3 Å². The molecule has 1 N–H and O–H groups in total. The average Bonchev–Trinajstić information content (AvgIpc) is 3.51. The smallest absolute Gasteiger partial charge is 0.305 e. The number of rotatable bonds is 7. The van der Waals surface area contributed by atoms with Crippen molar-refractivity contribution < 1.29 is 9.53 Å². The molecule has 2 fully saturated rings. The summed E-state index contributed by atoms with van der Waals surface area (Å²) < 4.78 is 4.82. The Kier molecular flexibility index (Phi) is 6.73. The Labute approximate surface area is 184 Å². The van der Waals surface area contributed by atoms with Crippen LogP contribution in [-0.2, 0) is 9.53 Å². The predicted molar refractivity (Wildman–Crippen MR) is 121 cm³/mol. The summed E-state index contributed by atoms with van der Waals surface area (Å²) in [7, 11) is 5.53. The molecule has 0 saturated heterocycles. The molecule has 0 aliphatic heterocycles. The number of nitrogens with one attached hydrogen (secondary N) is 1. The Morgan fingerprint density at radius 3 is 2.58 bits per heavy atom. The standard InChI is InChI=1S/C23H34N6O2/c1-28(18-10-8-16(9-11-18)14-22(30)31-3)23-24-13-12-20(25-23)29(2)21-15-19(26-27-21)17-6-4-5-7-17/h12-13,15-18H,4-11,14H2,1-3H3,(H,26,27). The summed E-state index contributed by atoms with van der Waals surface area (Å²) in [5.74, 6) is 3.37. The van der Waals surface area contributed by atoms with E-state index < -0.39 is 0 Å². The number of esters is 1. The molecule has 2 heterocycles. The van der Waals surface area contributed by atoms with E-state index in [4.69, 9.17) is 9.72 Å². The molecule has 0 atom stereocenters. The number of ether oxygens (including phenoxy) is 1. The van der Waals surface area contributed by atoms with Crippen LogP contribution >= 0.6 is 0 Å². The molecular weight excluding hydrogens is 392 g/mol. The summed E-state index contributed by atoms with van der Waals surface area (Å²) in [5.41, 5.74) is 1.23. The molecule has 2 aromatic rings. The van der Waals surface area contributed by atoms with Crippen LogP contribution in [0.5, 0.6) is 0 Å². The Morgan fingerprint density at radius 2 is 1.87 bits per heavy atom. The fourth-order valence-corrected chi connectivity index (χ4v) is 4.98. The van der Waals surface area contributed by atoms with E-state index in [1.807, 2.05) is 24.2 Å². The first-order valence-corrected chi connectivity index (χ1v) is 11.5. The Balaban J connectivity index is 1.39. The fourth-order valence-electron chi connectivity index (χ4n) is 4.98. The van der Waals surface area contributed by atoms with E-state index >= 15 is 0 Å². The highest BCUT2D eigenvalue weighted by Gasteiger charge is 2.27. The second kappa shape index (κ2) is 9.66. The second-order valence-corrected chi connectivity index (χ2v) is 9.00. The minimum Gasteiger partial charge on any atom is -0.469 e. The molecule has 2 aromatic heterocycles. The number of carbonyl (C=O) groups excluding carboxylic acids is 1. The third-order valence-corrected chi connectivity index (χ3v) is 7.06. The van der Waals surface area contributed by atoms with E-state index in [-0.39, 0.29) is 5.97 Å². The van der Waals surface area contributed by atoms with Gasteiger partial charge in [0.15, 0.2) is 5.82 Å². The molecule has 0 amide bonds. The molecule has 0 radical (unpaired) electrons. The van der Waals surface area contributed by atoms with Crippen molar-refractivity contribution in [3.63, 3.8) is 0 Å². The van der Waals surface area contributed by atoms with Crippen molar-refractivity contribution in [1.82, 2.24) is 20.2 Å². The molecular formula is C23H34N6O2. The lowest BCUT2D eigenvalue weighted by atomic mass is 9.83. The molecule has 0 unspecified atom stereocenters. The third-order valence-electron chi connectivity index (χ3n) is 7.06. The van der Waals surface area contributed by atoms with Crippen molar-refractivity contribution in [3.8, 4) is 0 Å². The van der Waals surface area contributed by atoms with Gasteiger partial charge < -0.3 is 14.5 Å². The molecule has 0 spiro atoms. The van der Waals surface area contributed by atoms with Gasteiger partial charge in [-0.25, -0.2) is 4.98 Å². The maximum atomic E-state index is 11.5. The fraction of sp³-hybridized carbons (Fsp3) is 0.652. The monoisotopic (exact) mass is 426 g/mol. The van der Waals surface area contributed by atoms with Crippen LogP contribution in [0.4, 0.5) is 17.6 Å². The number of anilines is 3. The first-order valence-electron chi connectivity index (χ1n) is 11.5. The van der Waals surface area contributed by atoms with Crippen LogP contribution in [0.3, 0.4) is 0 Å². The Hall–Kier alpha value is -2.64. The number of hydrogen-bond donors (Lipinski definition) is 1. The topological polar surface area (TPSA) is 87.2 Å². The van der Waals surface area contributed by atoms with Crippen LogP contribution in [0, 0.1) is 5.92 Å². The number of carbonyl (C=O) groups is 1. The molecule has 31 heavy (non-hydrogen) atoms. The van der Waals surface area contributed by atoms with Gasteiger partial charge in [-0.2, -0.15) is 10.1 Å². The Morgan fingerprint density at radius 1 is 1.13 bits per heavy atom. The number of aromatic nitrogens is 4. The molecule has 0 bridgehead atoms. The third kappa shape index (κ3) is 4.99. The molecule has 8 heteroatoms. The van der Waals surface area contributed by atoms with Crippen molar-refractivity contribution in [3.05, 3.63) is 24.0 Å². The summed E-state index contributed by atoms with van der Waals surface area (Å²) in [6.07, 6.45) is 11.6. The minimum absolute atomic E-state index is 0.106. The lowest BCUT2D eigenvalue weighted by Gasteiger charge is -2.34. The quantitative estimate of drug-likeness (QED) is 0.665. The minimum atomic E-state index is -0.106. The highest BCUT2D eigenvalue weighted by molar-refractivity contribution is 5.69. The van der Waals surface area contributed by atoms with Gasteiger partial charge in [0.05, 0.1) is 7.11 Å². The number of methoxy groups -OCH3 is 1. The zero-order chi connectivity index (χ0) is 21.8. The zero-order valence-electron chi connectivity index (χ0n) is 18.9. The van der Waals surface area contributed by atoms with Crippen LogP contribution < -0.4 is 9.80 Å². The second-order valence-electron chi connectivity index (χ2n) is 9.00.